The minimum atomic E-state index is -3.31. The predicted molar refractivity (Wildman–Crippen MR) is 101 cm³/mol. The van der Waals surface area contributed by atoms with Crippen LogP contribution in [0.4, 0.5) is 0 Å². The Hall–Kier alpha value is -2.12. The normalized spacial score (nSPS) is 21.7. The number of carbonyl (C=O) groups is 1. The largest absolute Gasteiger partial charge is 0.461 e. The summed E-state index contributed by atoms with van der Waals surface area (Å²) in [7, 11) is -3.31. The molecule has 0 saturated carbocycles. The van der Waals surface area contributed by atoms with Crippen molar-refractivity contribution in [2.75, 3.05) is 6.26 Å². The molecule has 2 aromatic rings. The van der Waals surface area contributed by atoms with E-state index in [4.69, 9.17) is 21.1 Å². The lowest BCUT2D eigenvalue weighted by atomic mass is 9.83. The SMILES string of the molecule is Cc1cc(OC2C(=O)OC(C)(C)C2c2ccc(S(C)(=O)=O)cc2)ncc1Cl. The van der Waals surface area contributed by atoms with Crippen LogP contribution in [0.5, 0.6) is 5.88 Å². The molecule has 8 heteroatoms. The number of esters is 1. The number of halogens is 1. The molecule has 1 saturated heterocycles. The molecule has 2 unspecified atom stereocenters. The van der Waals surface area contributed by atoms with Crippen LogP contribution in [-0.4, -0.2) is 37.3 Å². The minimum Gasteiger partial charge on any atom is -0.461 e. The van der Waals surface area contributed by atoms with Gasteiger partial charge in [-0.25, -0.2) is 18.2 Å². The molecule has 0 amide bonds. The van der Waals surface area contributed by atoms with Gasteiger partial charge >= 0.3 is 5.97 Å². The van der Waals surface area contributed by atoms with E-state index < -0.39 is 33.4 Å². The van der Waals surface area contributed by atoms with E-state index >= 15 is 0 Å². The summed E-state index contributed by atoms with van der Waals surface area (Å²) in [5.41, 5.74) is 0.700. The molecule has 0 aliphatic carbocycles. The van der Waals surface area contributed by atoms with Crippen LogP contribution in [0.25, 0.3) is 0 Å². The molecule has 6 nitrogen and oxygen atoms in total. The van der Waals surface area contributed by atoms with Crippen molar-refractivity contribution in [1.82, 2.24) is 4.98 Å². The lowest BCUT2D eigenvalue weighted by molar-refractivity contribution is -0.150. The first-order valence-corrected chi connectivity index (χ1v) is 10.6. The maximum atomic E-state index is 12.5. The Morgan fingerprint density at radius 3 is 2.41 bits per heavy atom. The Balaban J connectivity index is 1.96. The van der Waals surface area contributed by atoms with Crippen molar-refractivity contribution in [3.63, 3.8) is 0 Å². The van der Waals surface area contributed by atoms with Crippen LogP contribution in [0.1, 0.15) is 30.9 Å². The van der Waals surface area contributed by atoms with Crippen LogP contribution in [0, 0.1) is 6.92 Å². The standard InChI is InChI=1S/C19H20ClNO5S/c1-11-9-15(21-10-14(11)20)25-17-16(19(2,3)26-18(17)22)12-5-7-13(8-6-12)27(4,23)24/h5-10,16-17H,1-4H3. The molecule has 2 atom stereocenters. The second kappa shape index (κ2) is 6.80. The fourth-order valence-electron chi connectivity index (χ4n) is 3.20. The van der Waals surface area contributed by atoms with Gasteiger partial charge in [0.2, 0.25) is 12.0 Å². The quantitative estimate of drug-likeness (QED) is 0.720. The van der Waals surface area contributed by atoms with Gasteiger partial charge < -0.3 is 9.47 Å². The number of benzene rings is 1. The zero-order valence-corrected chi connectivity index (χ0v) is 17.0. The molecular weight excluding hydrogens is 390 g/mol. The number of aryl methyl sites for hydroxylation is 1. The number of pyridine rings is 1. The van der Waals surface area contributed by atoms with Gasteiger partial charge in [0.05, 0.1) is 15.8 Å². The number of nitrogens with zero attached hydrogens (tertiary/aromatic N) is 1. The van der Waals surface area contributed by atoms with Crippen LogP contribution in [0.2, 0.25) is 5.02 Å². The van der Waals surface area contributed by atoms with Gasteiger partial charge in [-0.3, -0.25) is 0 Å². The molecule has 1 aromatic carbocycles. The third kappa shape index (κ3) is 3.94. The zero-order valence-electron chi connectivity index (χ0n) is 15.4. The first-order chi connectivity index (χ1) is 12.5. The van der Waals surface area contributed by atoms with E-state index in [0.29, 0.717) is 5.02 Å². The zero-order chi connectivity index (χ0) is 20.0. The van der Waals surface area contributed by atoms with Crippen molar-refractivity contribution >= 4 is 27.4 Å². The summed E-state index contributed by atoms with van der Waals surface area (Å²) in [6.45, 7) is 5.41. The molecule has 1 aliphatic rings. The molecule has 1 aromatic heterocycles. The van der Waals surface area contributed by atoms with E-state index in [1.807, 2.05) is 6.92 Å². The molecule has 0 bridgehead atoms. The lowest BCUT2D eigenvalue weighted by Crippen LogP contribution is -2.33. The Kier molecular flexibility index (Phi) is 4.94. The van der Waals surface area contributed by atoms with Crippen LogP contribution >= 0.6 is 11.6 Å². The topological polar surface area (TPSA) is 82.6 Å². The van der Waals surface area contributed by atoms with Crippen molar-refractivity contribution in [3.05, 3.63) is 52.7 Å². The van der Waals surface area contributed by atoms with E-state index in [1.54, 1.807) is 32.0 Å². The van der Waals surface area contributed by atoms with E-state index in [0.717, 1.165) is 17.4 Å². The number of carbonyl (C=O) groups excluding carboxylic acids is 1. The molecule has 0 N–H and O–H groups in total. The highest BCUT2D eigenvalue weighted by Gasteiger charge is 2.52. The summed E-state index contributed by atoms with van der Waals surface area (Å²) in [4.78, 5) is 16.8. The number of hydrogen-bond acceptors (Lipinski definition) is 6. The molecular formula is C19H20ClNO5S. The van der Waals surface area contributed by atoms with E-state index in [2.05, 4.69) is 4.98 Å². The summed E-state index contributed by atoms with van der Waals surface area (Å²) in [5, 5.41) is 0.504. The van der Waals surface area contributed by atoms with Crippen molar-refractivity contribution in [2.45, 2.75) is 43.3 Å². The number of cyclic esters (lactones) is 1. The van der Waals surface area contributed by atoms with Gasteiger partial charge in [0.15, 0.2) is 9.84 Å². The van der Waals surface area contributed by atoms with Gasteiger partial charge in [-0.1, -0.05) is 23.7 Å². The number of hydrogen-bond donors (Lipinski definition) is 0. The van der Waals surface area contributed by atoms with E-state index in [1.165, 1.54) is 18.3 Å². The van der Waals surface area contributed by atoms with Crippen molar-refractivity contribution in [2.24, 2.45) is 0 Å². The molecule has 1 aliphatic heterocycles. The van der Waals surface area contributed by atoms with Crippen LogP contribution in [-0.2, 0) is 19.4 Å². The third-order valence-corrected chi connectivity index (χ3v) is 6.11. The second-order valence-electron chi connectivity index (χ2n) is 7.15. The monoisotopic (exact) mass is 409 g/mol. The maximum absolute atomic E-state index is 12.5. The number of ether oxygens (including phenoxy) is 2. The van der Waals surface area contributed by atoms with Gasteiger partial charge in [0.25, 0.3) is 0 Å². The van der Waals surface area contributed by atoms with Crippen molar-refractivity contribution < 1.29 is 22.7 Å². The van der Waals surface area contributed by atoms with Gasteiger partial charge in [0, 0.05) is 18.5 Å². The summed E-state index contributed by atoms with van der Waals surface area (Å²) in [5.74, 6) is -0.655. The average molecular weight is 410 g/mol. The maximum Gasteiger partial charge on any atom is 0.348 e. The average Bonchev–Trinajstić information content (AvgIpc) is 2.78. The Labute approximate surface area is 163 Å². The first-order valence-electron chi connectivity index (χ1n) is 8.31. The van der Waals surface area contributed by atoms with Gasteiger partial charge in [-0.05, 0) is 44.0 Å². The summed E-state index contributed by atoms with van der Waals surface area (Å²) < 4.78 is 34.8. The predicted octanol–water partition coefficient (Wildman–Crippen LogP) is 3.31. The highest BCUT2D eigenvalue weighted by molar-refractivity contribution is 7.90. The lowest BCUT2D eigenvalue weighted by Gasteiger charge is -2.27. The highest BCUT2D eigenvalue weighted by atomic mass is 35.5. The Bertz CT molecular complexity index is 986. The third-order valence-electron chi connectivity index (χ3n) is 4.58. The number of sulfone groups is 1. The summed E-state index contributed by atoms with van der Waals surface area (Å²) in [6, 6.07) is 8.06. The smallest absolute Gasteiger partial charge is 0.348 e. The first kappa shape index (κ1) is 19.6. The van der Waals surface area contributed by atoms with Gasteiger partial charge in [-0.15, -0.1) is 0 Å². The number of aromatic nitrogens is 1. The Morgan fingerprint density at radius 1 is 1.22 bits per heavy atom. The minimum absolute atomic E-state index is 0.210. The molecule has 1 fully saturated rings. The second-order valence-corrected chi connectivity index (χ2v) is 9.58. The summed E-state index contributed by atoms with van der Waals surface area (Å²) in [6.07, 6.45) is 1.71. The van der Waals surface area contributed by atoms with Gasteiger partial charge in [-0.2, -0.15) is 0 Å². The molecule has 0 radical (unpaired) electrons. The number of rotatable bonds is 4. The van der Waals surface area contributed by atoms with Crippen LogP contribution in [0.15, 0.2) is 41.4 Å². The Morgan fingerprint density at radius 2 is 1.85 bits per heavy atom. The van der Waals surface area contributed by atoms with Crippen molar-refractivity contribution in [1.29, 1.82) is 0 Å². The highest BCUT2D eigenvalue weighted by Crippen LogP contribution is 2.42. The molecule has 0 spiro atoms. The molecule has 2 heterocycles. The van der Waals surface area contributed by atoms with Crippen LogP contribution < -0.4 is 4.74 Å². The van der Waals surface area contributed by atoms with E-state index in [-0.39, 0.29) is 10.8 Å². The van der Waals surface area contributed by atoms with Crippen LogP contribution in [0.3, 0.4) is 0 Å². The van der Waals surface area contributed by atoms with Crippen molar-refractivity contribution in [3.8, 4) is 5.88 Å². The molecule has 144 valence electrons. The van der Waals surface area contributed by atoms with Gasteiger partial charge in [0.1, 0.15) is 5.60 Å². The fraction of sp³-hybridized carbons (Fsp3) is 0.368. The van der Waals surface area contributed by atoms with E-state index in [9.17, 15) is 13.2 Å². The summed E-state index contributed by atoms with van der Waals surface area (Å²) >= 11 is 5.99. The molecule has 27 heavy (non-hydrogen) atoms. The molecule has 3 rings (SSSR count). The fourth-order valence-corrected chi connectivity index (χ4v) is 3.94.